The number of unbranched alkanes of at least 4 members (excludes halogenated alkanes) is 24. The molecule has 354 valence electrons. The van der Waals surface area contributed by atoms with Crippen LogP contribution in [-0.2, 0) is 14.3 Å². The summed E-state index contributed by atoms with van der Waals surface area (Å²) in [7, 11) is 0. The maximum absolute atomic E-state index is 13.2. The van der Waals surface area contributed by atoms with Crippen molar-refractivity contribution in [2.75, 3.05) is 6.61 Å². The van der Waals surface area contributed by atoms with Crippen LogP contribution in [0.1, 0.15) is 252 Å². The molecule has 0 aromatic rings. The molecule has 0 heterocycles. The molecular formula is C55H99NO5. The van der Waals surface area contributed by atoms with Crippen molar-refractivity contribution in [1.82, 2.24) is 5.32 Å². The summed E-state index contributed by atoms with van der Waals surface area (Å²) in [4.78, 5) is 26.1. The van der Waals surface area contributed by atoms with Gasteiger partial charge in [-0.2, -0.15) is 0 Å². The van der Waals surface area contributed by atoms with Gasteiger partial charge in [0.15, 0.2) is 0 Å². The number of amides is 1. The number of carbonyl (C=O) groups is 2. The number of nitrogens with one attached hydrogen (secondary N) is 1. The highest BCUT2D eigenvalue weighted by molar-refractivity contribution is 5.77. The minimum absolute atomic E-state index is 0.0533. The molecule has 61 heavy (non-hydrogen) atoms. The molecule has 0 aliphatic carbocycles. The number of ether oxygens (including phenoxy) is 1. The Morgan fingerprint density at radius 2 is 0.885 bits per heavy atom. The van der Waals surface area contributed by atoms with Crippen molar-refractivity contribution in [3.8, 4) is 0 Å². The molecule has 6 nitrogen and oxygen atoms in total. The Hall–Kier alpha value is -2.44. The molecule has 0 aromatic heterocycles. The highest BCUT2D eigenvalue weighted by Crippen LogP contribution is 2.17. The highest BCUT2D eigenvalue weighted by Gasteiger charge is 2.24. The number of aliphatic hydroxyl groups excluding tert-OH is 2. The lowest BCUT2D eigenvalue weighted by molar-refractivity contribution is -0.151. The van der Waals surface area contributed by atoms with Crippen LogP contribution in [-0.4, -0.2) is 46.9 Å². The van der Waals surface area contributed by atoms with Gasteiger partial charge in [-0.1, -0.05) is 210 Å². The molecule has 0 aliphatic heterocycles. The van der Waals surface area contributed by atoms with Crippen LogP contribution < -0.4 is 5.32 Å². The lowest BCUT2D eigenvalue weighted by Gasteiger charge is -2.24. The van der Waals surface area contributed by atoms with E-state index in [1.165, 1.54) is 103 Å². The van der Waals surface area contributed by atoms with Gasteiger partial charge in [0.05, 0.1) is 25.2 Å². The summed E-state index contributed by atoms with van der Waals surface area (Å²) in [6, 6.07) is -0.713. The van der Waals surface area contributed by atoms with E-state index < -0.39 is 18.2 Å². The monoisotopic (exact) mass is 854 g/mol. The van der Waals surface area contributed by atoms with Crippen LogP contribution in [0.4, 0.5) is 0 Å². The lowest BCUT2D eigenvalue weighted by atomic mass is 10.0. The Morgan fingerprint density at radius 3 is 1.38 bits per heavy atom. The Morgan fingerprint density at radius 1 is 0.492 bits per heavy atom. The standard InChI is InChI=1S/C55H99NO5/c1-4-7-10-13-16-19-22-24-26-28-30-32-34-37-40-43-46-51(49-54(59)56-52(50-57)53(58)47-44-41-38-35-21-18-15-12-9-6-3)61-55(60)48-45-42-39-36-33-31-29-27-25-23-20-17-14-11-8-5-2/h8,11,17,20,25,27,30-33,51-53,57-58H,4-7,9-10,12-16,18-19,21-24,26,28-29,34-50H2,1-3H3,(H,56,59)/b11-8+,20-17+,27-25+,32-30+,33-31+. The molecule has 6 heteroatoms. The number of rotatable bonds is 46. The van der Waals surface area contributed by atoms with Crippen LogP contribution in [0, 0.1) is 0 Å². The highest BCUT2D eigenvalue weighted by atomic mass is 16.5. The van der Waals surface area contributed by atoms with E-state index in [4.69, 9.17) is 4.74 Å². The third-order valence-corrected chi connectivity index (χ3v) is 11.6. The molecule has 0 bridgehead atoms. The summed E-state index contributed by atoms with van der Waals surface area (Å²) >= 11 is 0. The van der Waals surface area contributed by atoms with Gasteiger partial charge in [0.25, 0.3) is 0 Å². The summed E-state index contributed by atoms with van der Waals surface area (Å²) in [6.07, 6.45) is 60.0. The fourth-order valence-corrected chi connectivity index (χ4v) is 7.65. The van der Waals surface area contributed by atoms with Gasteiger partial charge in [-0.15, -0.1) is 0 Å². The topological polar surface area (TPSA) is 95.9 Å². The molecule has 0 aliphatic rings. The molecule has 3 atom stereocenters. The predicted octanol–water partition coefficient (Wildman–Crippen LogP) is 15.6. The molecule has 3 unspecified atom stereocenters. The molecule has 1 amide bonds. The summed E-state index contributed by atoms with van der Waals surface area (Å²) in [5.41, 5.74) is 0. The quantitative estimate of drug-likeness (QED) is 0.0322. The SMILES string of the molecule is CC/C=C/C/C=C/C/C=C/C/C=C/CCCCCC(=O)OC(CCCCC/C=C/CCCCCCCCCCC)CC(=O)NC(CO)C(O)CCCCCCCCCCCC. The van der Waals surface area contributed by atoms with Gasteiger partial charge in [-0.25, -0.2) is 0 Å². The average Bonchev–Trinajstić information content (AvgIpc) is 3.25. The summed E-state index contributed by atoms with van der Waals surface area (Å²) in [5.74, 6) is -0.524. The second-order valence-electron chi connectivity index (χ2n) is 17.5. The third-order valence-electron chi connectivity index (χ3n) is 11.6. The second kappa shape index (κ2) is 48.6. The van der Waals surface area contributed by atoms with Crippen LogP contribution in [0.25, 0.3) is 0 Å². The van der Waals surface area contributed by atoms with E-state index in [1.54, 1.807) is 0 Å². The van der Waals surface area contributed by atoms with Crippen LogP contribution in [0.2, 0.25) is 0 Å². The van der Waals surface area contributed by atoms with Gasteiger partial charge in [-0.05, 0) is 89.9 Å². The lowest BCUT2D eigenvalue weighted by Crippen LogP contribution is -2.46. The molecule has 0 saturated heterocycles. The maximum Gasteiger partial charge on any atom is 0.306 e. The van der Waals surface area contributed by atoms with E-state index in [1.807, 2.05) is 0 Å². The van der Waals surface area contributed by atoms with Crippen LogP contribution in [0.15, 0.2) is 60.8 Å². The Labute approximate surface area is 378 Å². The van der Waals surface area contributed by atoms with Crippen molar-refractivity contribution in [1.29, 1.82) is 0 Å². The van der Waals surface area contributed by atoms with Gasteiger partial charge < -0.3 is 20.3 Å². The van der Waals surface area contributed by atoms with Crippen molar-refractivity contribution in [2.45, 2.75) is 270 Å². The normalized spacial score (nSPS) is 13.7. The molecule has 0 aromatic carbocycles. The zero-order valence-electron chi connectivity index (χ0n) is 40.3. The van der Waals surface area contributed by atoms with Gasteiger partial charge >= 0.3 is 5.97 Å². The third kappa shape index (κ3) is 44.0. The number of carbonyl (C=O) groups excluding carboxylic acids is 2. The Kier molecular flexibility index (Phi) is 46.6. The van der Waals surface area contributed by atoms with E-state index in [2.05, 4.69) is 86.8 Å². The molecule has 0 spiro atoms. The predicted molar refractivity (Wildman–Crippen MR) is 264 cm³/mol. The largest absolute Gasteiger partial charge is 0.462 e. The van der Waals surface area contributed by atoms with Gasteiger partial charge in [0.1, 0.15) is 6.10 Å². The molecule has 0 radical (unpaired) electrons. The minimum Gasteiger partial charge on any atom is -0.462 e. The summed E-state index contributed by atoms with van der Waals surface area (Å²) in [6.45, 7) is 6.35. The fourth-order valence-electron chi connectivity index (χ4n) is 7.65. The first-order valence-corrected chi connectivity index (χ1v) is 26.0. The summed E-state index contributed by atoms with van der Waals surface area (Å²) < 4.78 is 5.92. The molecule has 0 saturated carbocycles. The molecule has 3 N–H and O–H groups in total. The van der Waals surface area contributed by atoms with Crippen LogP contribution >= 0.6 is 0 Å². The van der Waals surface area contributed by atoms with Crippen molar-refractivity contribution in [3.05, 3.63) is 60.8 Å². The smallest absolute Gasteiger partial charge is 0.306 e. The zero-order chi connectivity index (χ0) is 44.5. The first-order chi connectivity index (χ1) is 30.0. The van der Waals surface area contributed by atoms with Crippen molar-refractivity contribution in [3.63, 3.8) is 0 Å². The van der Waals surface area contributed by atoms with Crippen molar-refractivity contribution in [2.24, 2.45) is 0 Å². The minimum atomic E-state index is -0.797. The number of esters is 1. The first-order valence-electron chi connectivity index (χ1n) is 26.0. The van der Waals surface area contributed by atoms with Gasteiger partial charge in [-0.3, -0.25) is 9.59 Å². The Balaban J connectivity index is 4.66. The van der Waals surface area contributed by atoms with Gasteiger partial charge in [0.2, 0.25) is 5.91 Å². The number of allylic oxidation sites excluding steroid dienone is 10. The van der Waals surface area contributed by atoms with E-state index in [0.717, 1.165) is 103 Å². The number of aliphatic hydroxyl groups is 2. The summed E-state index contributed by atoms with van der Waals surface area (Å²) in [5, 5.41) is 23.7. The van der Waals surface area contributed by atoms with E-state index >= 15 is 0 Å². The van der Waals surface area contributed by atoms with Gasteiger partial charge in [0, 0.05) is 6.42 Å². The van der Waals surface area contributed by atoms with Crippen LogP contribution in [0.3, 0.4) is 0 Å². The first kappa shape index (κ1) is 58.6. The van der Waals surface area contributed by atoms with E-state index in [-0.39, 0.29) is 24.9 Å². The molecular weight excluding hydrogens is 755 g/mol. The molecule has 0 rings (SSSR count). The van der Waals surface area contributed by atoms with Crippen LogP contribution in [0.5, 0.6) is 0 Å². The maximum atomic E-state index is 13.2. The van der Waals surface area contributed by atoms with Crippen molar-refractivity contribution >= 4 is 11.9 Å². The number of hydrogen-bond acceptors (Lipinski definition) is 5. The van der Waals surface area contributed by atoms with Crippen molar-refractivity contribution < 1.29 is 24.5 Å². The Bertz CT molecular complexity index is 1090. The second-order valence-corrected chi connectivity index (χ2v) is 17.5. The molecule has 0 fully saturated rings. The van der Waals surface area contributed by atoms with E-state index in [0.29, 0.717) is 19.3 Å². The average molecular weight is 854 g/mol. The zero-order valence-corrected chi connectivity index (χ0v) is 40.3. The van der Waals surface area contributed by atoms with E-state index in [9.17, 15) is 19.8 Å². The fraction of sp³-hybridized carbons (Fsp3) is 0.782. The number of hydrogen-bond donors (Lipinski definition) is 3.